The van der Waals surface area contributed by atoms with Crippen molar-refractivity contribution in [1.82, 2.24) is 4.90 Å². The lowest BCUT2D eigenvalue weighted by molar-refractivity contribution is 0.0836. The standard InChI is InChI=1S/C14H22N2O3S.ClH/c1-10(2)16(4)11(3)14(17)12-6-8-13(9-7-12)15-20(5,18)19;/h6-11,15H,1-5H3;1H/t11-;/m0./s1. The number of sulfonamides is 1. The van der Waals surface area contributed by atoms with Crippen molar-refractivity contribution in [1.29, 1.82) is 0 Å². The highest BCUT2D eigenvalue weighted by molar-refractivity contribution is 7.92. The van der Waals surface area contributed by atoms with Crippen molar-refractivity contribution >= 4 is 33.9 Å². The predicted molar refractivity (Wildman–Crippen MR) is 88.8 cm³/mol. The number of carbonyl (C=O) groups is 1. The first-order valence-corrected chi connectivity index (χ1v) is 8.35. The molecule has 0 amide bonds. The summed E-state index contributed by atoms with van der Waals surface area (Å²) in [6.45, 7) is 5.93. The van der Waals surface area contributed by atoms with Crippen molar-refractivity contribution in [2.45, 2.75) is 32.9 Å². The average Bonchev–Trinajstić information content (AvgIpc) is 2.35. The van der Waals surface area contributed by atoms with Crippen molar-refractivity contribution in [3.05, 3.63) is 29.8 Å². The zero-order chi connectivity index (χ0) is 15.5. The van der Waals surface area contributed by atoms with E-state index in [4.69, 9.17) is 0 Å². The highest BCUT2D eigenvalue weighted by Crippen LogP contribution is 2.14. The maximum absolute atomic E-state index is 12.3. The molecule has 1 aromatic carbocycles. The molecule has 0 saturated carbocycles. The van der Waals surface area contributed by atoms with E-state index < -0.39 is 10.0 Å². The van der Waals surface area contributed by atoms with Crippen LogP contribution >= 0.6 is 12.4 Å². The topological polar surface area (TPSA) is 66.5 Å². The fourth-order valence-corrected chi connectivity index (χ4v) is 2.35. The van der Waals surface area contributed by atoms with Gasteiger partial charge in [0.05, 0.1) is 12.3 Å². The summed E-state index contributed by atoms with van der Waals surface area (Å²) in [6.07, 6.45) is 1.09. The monoisotopic (exact) mass is 334 g/mol. The number of anilines is 1. The SMILES string of the molecule is CC(C)N(C)[C@@H](C)C(=O)c1ccc(NS(C)(=O)=O)cc1.Cl. The molecule has 0 aliphatic rings. The number of benzene rings is 1. The fourth-order valence-electron chi connectivity index (χ4n) is 1.79. The molecule has 0 bridgehead atoms. The summed E-state index contributed by atoms with van der Waals surface area (Å²) in [5.41, 5.74) is 1.03. The molecule has 7 heteroatoms. The summed E-state index contributed by atoms with van der Waals surface area (Å²) in [6, 6.07) is 6.53. The second kappa shape index (κ2) is 7.77. The Bertz CT molecular complexity index is 570. The molecule has 1 aromatic rings. The molecular weight excluding hydrogens is 312 g/mol. The Balaban J connectivity index is 0.00000400. The van der Waals surface area contributed by atoms with Crippen LogP contribution in [0.3, 0.4) is 0 Å². The van der Waals surface area contributed by atoms with Crippen LogP contribution < -0.4 is 4.72 Å². The Morgan fingerprint density at radius 2 is 1.62 bits per heavy atom. The number of rotatable bonds is 6. The van der Waals surface area contributed by atoms with Crippen molar-refractivity contribution in [3.63, 3.8) is 0 Å². The average molecular weight is 335 g/mol. The van der Waals surface area contributed by atoms with Gasteiger partial charge in [-0.15, -0.1) is 12.4 Å². The molecule has 0 aliphatic heterocycles. The van der Waals surface area contributed by atoms with Crippen LogP contribution in [0.15, 0.2) is 24.3 Å². The van der Waals surface area contributed by atoms with Gasteiger partial charge < -0.3 is 0 Å². The molecule has 120 valence electrons. The first-order chi connectivity index (χ1) is 9.11. The van der Waals surface area contributed by atoms with Gasteiger partial charge in [0, 0.05) is 17.3 Å². The van der Waals surface area contributed by atoms with Crippen molar-refractivity contribution in [2.24, 2.45) is 0 Å². The summed E-state index contributed by atoms with van der Waals surface area (Å²) >= 11 is 0. The van der Waals surface area contributed by atoms with Gasteiger partial charge in [-0.3, -0.25) is 14.4 Å². The minimum atomic E-state index is -3.29. The number of nitrogens with zero attached hydrogens (tertiary/aromatic N) is 1. The molecule has 21 heavy (non-hydrogen) atoms. The largest absolute Gasteiger partial charge is 0.294 e. The van der Waals surface area contributed by atoms with Crippen LogP contribution in [0.5, 0.6) is 0 Å². The molecule has 0 heterocycles. The summed E-state index contributed by atoms with van der Waals surface area (Å²) in [5.74, 6) is 0.0205. The van der Waals surface area contributed by atoms with Gasteiger partial charge in [0.1, 0.15) is 0 Å². The second-order valence-electron chi connectivity index (χ2n) is 5.25. The van der Waals surface area contributed by atoms with E-state index >= 15 is 0 Å². The molecule has 0 aliphatic carbocycles. The van der Waals surface area contributed by atoms with Gasteiger partial charge in [0.15, 0.2) is 5.78 Å². The number of nitrogens with one attached hydrogen (secondary N) is 1. The minimum Gasteiger partial charge on any atom is -0.294 e. The van der Waals surface area contributed by atoms with Crippen molar-refractivity contribution in [3.8, 4) is 0 Å². The first kappa shape index (κ1) is 19.9. The molecule has 0 fully saturated rings. The zero-order valence-corrected chi connectivity index (χ0v) is 14.6. The van der Waals surface area contributed by atoms with Crippen LogP contribution in [-0.4, -0.2) is 44.5 Å². The highest BCUT2D eigenvalue weighted by Gasteiger charge is 2.21. The van der Waals surface area contributed by atoms with Gasteiger partial charge in [-0.05, 0) is 52.1 Å². The van der Waals surface area contributed by atoms with Crippen LogP contribution in [0.25, 0.3) is 0 Å². The quantitative estimate of drug-likeness (QED) is 0.811. The molecule has 1 N–H and O–H groups in total. The maximum atomic E-state index is 12.3. The number of ketones is 1. The Hall–Kier alpha value is -1.11. The molecule has 0 saturated heterocycles. The molecule has 0 unspecified atom stereocenters. The summed E-state index contributed by atoms with van der Waals surface area (Å²) in [7, 11) is -1.38. The van der Waals surface area contributed by atoms with E-state index in [1.165, 1.54) is 0 Å². The Labute approximate surface area is 133 Å². The van der Waals surface area contributed by atoms with E-state index in [0.29, 0.717) is 11.3 Å². The molecule has 5 nitrogen and oxygen atoms in total. The summed E-state index contributed by atoms with van der Waals surface area (Å²) in [5, 5.41) is 0. The Kier molecular flexibility index (Phi) is 7.36. The van der Waals surface area contributed by atoms with E-state index in [0.717, 1.165) is 6.26 Å². The van der Waals surface area contributed by atoms with Crippen LogP contribution in [0.1, 0.15) is 31.1 Å². The number of likely N-dealkylation sites (N-methyl/N-ethyl adjacent to an activating group) is 1. The van der Waals surface area contributed by atoms with Gasteiger partial charge in [0.25, 0.3) is 0 Å². The van der Waals surface area contributed by atoms with E-state index in [9.17, 15) is 13.2 Å². The van der Waals surface area contributed by atoms with E-state index in [1.54, 1.807) is 24.3 Å². The van der Waals surface area contributed by atoms with E-state index in [2.05, 4.69) is 4.72 Å². The lowest BCUT2D eigenvalue weighted by atomic mass is 10.0. The normalized spacial score (nSPS) is 12.9. The minimum absolute atomic E-state index is 0. The van der Waals surface area contributed by atoms with Gasteiger partial charge >= 0.3 is 0 Å². The van der Waals surface area contributed by atoms with Gasteiger partial charge in [-0.25, -0.2) is 8.42 Å². The lowest BCUT2D eigenvalue weighted by Crippen LogP contribution is -2.40. The molecule has 0 aromatic heterocycles. The summed E-state index contributed by atoms with van der Waals surface area (Å²) in [4.78, 5) is 14.3. The summed E-state index contributed by atoms with van der Waals surface area (Å²) < 4.78 is 24.6. The van der Waals surface area contributed by atoms with Crippen molar-refractivity contribution < 1.29 is 13.2 Å². The smallest absolute Gasteiger partial charge is 0.229 e. The number of Topliss-reactive ketones (excluding diaryl/α,β-unsaturated/α-hetero) is 1. The molecule has 1 rings (SSSR count). The molecule has 0 radical (unpaired) electrons. The fraction of sp³-hybridized carbons (Fsp3) is 0.500. The Morgan fingerprint density at radius 3 is 2.00 bits per heavy atom. The maximum Gasteiger partial charge on any atom is 0.229 e. The third-order valence-corrected chi connectivity index (χ3v) is 3.88. The van der Waals surface area contributed by atoms with Crippen LogP contribution in [0, 0.1) is 0 Å². The Morgan fingerprint density at radius 1 is 1.14 bits per heavy atom. The third kappa shape index (κ3) is 6.03. The van der Waals surface area contributed by atoms with Crippen molar-refractivity contribution in [2.75, 3.05) is 18.0 Å². The second-order valence-corrected chi connectivity index (χ2v) is 7.00. The van der Waals surface area contributed by atoms with Crippen LogP contribution in [-0.2, 0) is 10.0 Å². The van der Waals surface area contributed by atoms with E-state index in [-0.39, 0.29) is 30.3 Å². The molecular formula is C14H23ClN2O3S. The molecule has 0 spiro atoms. The first-order valence-electron chi connectivity index (χ1n) is 6.46. The number of hydrogen-bond acceptors (Lipinski definition) is 4. The molecule has 1 atom stereocenters. The third-order valence-electron chi connectivity index (χ3n) is 3.28. The van der Waals surface area contributed by atoms with Gasteiger partial charge in [-0.1, -0.05) is 0 Å². The lowest BCUT2D eigenvalue weighted by Gasteiger charge is -2.27. The zero-order valence-electron chi connectivity index (χ0n) is 13.0. The van der Waals surface area contributed by atoms with Gasteiger partial charge in [0.2, 0.25) is 10.0 Å². The predicted octanol–water partition coefficient (Wildman–Crippen LogP) is 2.39. The van der Waals surface area contributed by atoms with Crippen LogP contribution in [0.2, 0.25) is 0 Å². The van der Waals surface area contributed by atoms with E-state index in [1.807, 2.05) is 32.7 Å². The number of hydrogen-bond donors (Lipinski definition) is 1. The highest BCUT2D eigenvalue weighted by atomic mass is 35.5. The number of carbonyl (C=O) groups excluding carboxylic acids is 1. The number of halogens is 1. The van der Waals surface area contributed by atoms with Crippen LogP contribution in [0.4, 0.5) is 5.69 Å². The van der Waals surface area contributed by atoms with Gasteiger partial charge in [-0.2, -0.15) is 0 Å².